The van der Waals surface area contributed by atoms with Crippen LogP contribution >= 0.6 is 21.6 Å². The van der Waals surface area contributed by atoms with Gasteiger partial charge in [-0.1, -0.05) is 27.5 Å². The van der Waals surface area contributed by atoms with Crippen molar-refractivity contribution in [1.29, 1.82) is 0 Å². The highest BCUT2D eigenvalue weighted by molar-refractivity contribution is 8.78. The normalized spacial score (nSPS) is 24.1. The summed E-state index contributed by atoms with van der Waals surface area (Å²) in [6.07, 6.45) is 6.98. The van der Waals surface area contributed by atoms with Gasteiger partial charge in [-0.05, 0) is 11.5 Å². The zero-order chi connectivity index (χ0) is 6.53. The van der Waals surface area contributed by atoms with Crippen LogP contribution in [0.25, 0.3) is 0 Å². The van der Waals surface area contributed by atoms with E-state index in [4.69, 9.17) is 11.2 Å². The van der Waals surface area contributed by atoms with E-state index in [9.17, 15) is 0 Å². The molecule has 1 heterocycles. The van der Waals surface area contributed by atoms with Crippen LogP contribution in [0.5, 0.6) is 0 Å². The van der Waals surface area contributed by atoms with Gasteiger partial charge in [-0.15, -0.1) is 6.42 Å². The molecule has 0 amide bonds. The molecule has 1 nitrogen and oxygen atoms in total. The van der Waals surface area contributed by atoms with Crippen LogP contribution in [0.2, 0.25) is 0 Å². The third-order valence-electron chi connectivity index (χ3n) is 0.773. The topological polar surface area (TPSA) is 9.23 Å². The smallest absolute Gasteiger partial charge is 0.133 e. The lowest BCUT2D eigenvalue weighted by Crippen LogP contribution is -2.00. The minimum absolute atomic E-state index is 0.172. The third-order valence-corrected chi connectivity index (χ3v) is 2.87. The highest BCUT2D eigenvalue weighted by Crippen LogP contribution is 2.35. The Morgan fingerprint density at radius 3 is 3.22 bits per heavy atom. The van der Waals surface area contributed by atoms with Crippen LogP contribution < -0.4 is 0 Å². The first-order valence-corrected chi connectivity index (χ1v) is 4.75. The Morgan fingerprint density at radius 1 is 1.78 bits per heavy atom. The molecule has 0 fully saturated rings. The Hall–Kier alpha value is -0.0400. The van der Waals surface area contributed by atoms with E-state index in [-0.39, 0.29) is 5.44 Å². The van der Waals surface area contributed by atoms with Crippen LogP contribution in [0.3, 0.4) is 0 Å². The van der Waals surface area contributed by atoms with Crippen molar-refractivity contribution in [1.82, 2.24) is 0 Å². The SMILES string of the molecule is C#CCOC1C=CSS1. The third kappa shape index (κ3) is 2.35. The van der Waals surface area contributed by atoms with Crippen molar-refractivity contribution in [2.75, 3.05) is 6.61 Å². The molecule has 0 aliphatic carbocycles. The molecule has 1 unspecified atom stereocenters. The molecule has 48 valence electrons. The second kappa shape index (κ2) is 3.89. The molecule has 1 aliphatic rings. The zero-order valence-corrected chi connectivity index (χ0v) is 6.37. The van der Waals surface area contributed by atoms with Crippen molar-refractivity contribution in [2.24, 2.45) is 0 Å². The maximum absolute atomic E-state index is 5.17. The minimum Gasteiger partial charge on any atom is -0.350 e. The molecule has 0 aromatic heterocycles. The first kappa shape index (κ1) is 7.07. The number of terminal acetylenes is 1. The van der Waals surface area contributed by atoms with E-state index in [0.29, 0.717) is 6.61 Å². The van der Waals surface area contributed by atoms with Crippen molar-refractivity contribution < 1.29 is 4.74 Å². The first-order valence-electron chi connectivity index (χ1n) is 2.47. The average molecular weight is 158 g/mol. The highest BCUT2D eigenvalue weighted by Gasteiger charge is 2.08. The molecule has 0 bridgehead atoms. The van der Waals surface area contributed by atoms with Gasteiger partial charge in [-0.2, -0.15) is 0 Å². The van der Waals surface area contributed by atoms with Crippen LogP contribution in [0.4, 0.5) is 0 Å². The molecule has 0 aromatic carbocycles. The van der Waals surface area contributed by atoms with E-state index in [1.54, 1.807) is 21.6 Å². The molecule has 1 atom stereocenters. The Morgan fingerprint density at radius 2 is 2.67 bits per heavy atom. The molecule has 9 heavy (non-hydrogen) atoms. The summed E-state index contributed by atoms with van der Waals surface area (Å²) >= 11 is 0. The molecule has 0 spiro atoms. The lowest BCUT2D eigenvalue weighted by molar-refractivity contribution is 0.176. The average Bonchev–Trinajstić information content (AvgIpc) is 2.34. The molecule has 0 N–H and O–H groups in total. The van der Waals surface area contributed by atoms with Gasteiger partial charge < -0.3 is 4.74 Å². The summed E-state index contributed by atoms with van der Waals surface area (Å²) in [5, 5.41) is 2.01. The van der Waals surface area contributed by atoms with Crippen molar-refractivity contribution in [3.8, 4) is 12.3 Å². The second-order valence-corrected chi connectivity index (χ2v) is 3.68. The van der Waals surface area contributed by atoms with Crippen molar-refractivity contribution >= 4 is 21.6 Å². The number of ether oxygens (including phenoxy) is 1. The summed E-state index contributed by atoms with van der Waals surface area (Å²) in [5.74, 6) is 2.42. The second-order valence-electron chi connectivity index (χ2n) is 1.40. The Kier molecular flexibility index (Phi) is 3.05. The van der Waals surface area contributed by atoms with Crippen molar-refractivity contribution in [3.63, 3.8) is 0 Å². The highest BCUT2D eigenvalue weighted by atomic mass is 33.1. The van der Waals surface area contributed by atoms with Gasteiger partial charge in [-0.25, -0.2) is 0 Å². The van der Waals surface area contributed by atoms with E-state index in [1.165, 1.54) is 0 Å². The fourth-order valence-corrected chi connectivity index (χ4v) is 2.25. The van der Waals surface area contributed by atoms with Gasteiger partial charge in [0.1, 0.15) is 12.0 Å². The Bertz CT molecular complexity index is 148. The summed E-state index contributed by atoms with van der Waals surface area (Å²) < 4.78 is 5.17. The summed E-state index contributed by atoms with van der Waals surface area (Å²) in [5.41, 5.74) is 0.172. The van der Waals surface area contributed by atoms with Gasteiger partial charge in [0.2, 0.25) is 0 Å². The first-order chi connectivity index (χ1) is 4.43. The predicted molar refractivity (Wildman–Crippen MR) is 42.9 cm³/mol. The van der Waals surface area contributed by atoms with Gasteiger partial charge in [0, 0.05) is 0 Å². The molecule has 3 heteroatoms. The summed E-state index contributed by atoms with van der Waals surface area (Å²) in [4.78, 5) is 0. The monoisotopic (exact) mass is 158 g/mol. The molecule has 0 saturated carbocycles. The van der Waals surface area contributed by atoms with Crippen LogP contribution in [0, 0.1) is 12.3 Å². The predicted octanol–water partition coefficient (Wildman–Crippen LogP) is 1.87. The van der Waals surface area contributed by atoms with E-state index in [1.807, 2.05) is 11.5 Å². The Balaban J connectivity index is 2.14. The van der Waals surface area contributed by atoms with Gasteiger partial charge in [0.05, 0.1) is 0 Å². The molecule has 0 saturated heterocycles. The van der Waals surface area contributed by atoms with Gasteiger partial charge in [-0.3, -0.25) is 0 Å². The van der Waals surface area contributed by atoms with Crippen LogP contribution in [0.15, 0.2) is 11.5 Å². The zero-order valence-electron chi connectivity index (χ0n) is 4.74. The lowest BCUT2D eigenvalue weighted by atomic mass is 10.6. The summed E-state index contributed by atoms with van der Waals surface area (Å²) in [6.45, 7) is 0.405. The van der Waals surface area contributed by atoms with Crippen molar-refractivity contribution in [3.05, 3.63) is 11.5 Å². The van der Waals surface area contributed by atoms with Crippen LogP contribution in [-0.4, -0.2) is 12.0 Å². The van der Waals surface area contributed by atoms with E-state index >= 15 is 0 Å². The molecular weight excluding hydrogens is 152 g/mol. The van der Waals surface area contributed by atoms with Crippen LogP contribution in [-0.2, 0) is 4.74 Å². The molecule has 0 aromatic rings. The number of hydrogen-bond acceptors (Lipinski definition) is 3. The minimum atomic E-state index is 0.172. The van der Waals surface area contributed by atoms with Gasteiger partial charge in [0.25, 0.3) is 0 Å². The molecule has 0 radical (unpaired) electrons. The van der Waals surface area contributed by atoms with Gasteiger partial charge in [0.15, 0.2) is 0 Å². The maximum atomic E-state index is 5.17. The number of hydrogen-bond donors (Lipinski definition) is 0. The lowest BCUT2D eigenvalue weighted by Gasteiger charge is -2.02. The molecule has 1 rings (SSSR count). The van der Waals surface area contributed by atoms with Crippen LogP contribution in [0.1, 0.15) is 0 Å². The fraction of sp³-hybridized carbons (Fsp3) is 0.333. The van der Waals surface area contributed by atoms with E-state index < -0.39 is 0 Å². The van der Waals surface area contributed by atoms with Gasteiger partial charge >= 0.3 is 0 Å². The standard InChI is InChI=1S/C6H6OS2/c1-2-4-7-6-3-5-8-9-6/h1,3,5-6H,4H2. The Labute approximate surface area is 62.6 Å². The largest absolute Gasteiger partial charge is 0.350 e. The van der Waals surface area contributed by atoms with E-state index in [2.05, 4.69) is 5.92 Å². The summed E-state index contributed by atoms with van der Waals surface area (Å²) in [7, 11) is 3.35. The number of rotatable bonds is 2. The molecular formula is C6H6OS2. The molecule has 1 aliphatic heterocycles. The van der Waals surface area contributed by atoms with Crippen molar-refractivity contribution in [2.45, 2.75) is 5.44 Å². The summed E-state index contributed by atoms with van der Waals surface area (Å²) in [6, 6.07) is 0. The quantitative estimate of drug-likeness (QED) is 0.448. The maximum Gasteiger partial charge on any atom is 0.133 e. The fourth-order valence-electron chi connectivity index (χ4n) is 0.429. The van der Waals surface area contributed by atoms with E-state index in [0.717, 1.165) is 0 Å².